The molecule has 6 rings (SSSR count). The van der Waals surface area contributed by atoms with E-state index in [2.05, 4.69) is 9.98 Å². The highest BCUT2D eigenvalue weighted by Gasteiger charge is 2.21. The average molecular weight is 441 g/mol. The third kappa shape index (κ3) is 3.21. The van der Waals surface area contributed by atoms with Crippen LogP contribution in [0.2, 0.25) is 10.0 Å². The SMILES string of the molecule is Clc1cccc(Cl)c1C1=C2C=CC(=N2)C=C2C=CC(=N2)C=C2C=CC(=N2)c2ccc1[nH]2. The Morgan fingerprint density at radius 3 is 2.16 bits per heavy atom. The zero-order valence-electron chi connectivity index (χ0n) is 16.1. The molecule has 6 heteroatoms. The monoisotopic (exact) mass is 440 g/mol. The van der Waals surface area contributed by atoms with Gasteiger partial charge in [-0.05, 0) is 72.9 Å². The zero-order chi connectivity index (χ0) is 20.9. The summed E-state index contributed by atoms with van der Waals surface area (Å²) in [5.74, 6) is 0. The van der Waals surface area contributed by atoms with Crippen molar-refractivity contribution in [3.8, 4) is 0 Å². The van der Waals surface area contributed by atoms with Gasteiger partial charge in [0.05, 0.1) is 50.0 Å². The largest absolute Gasteiger partial charge is 0.353 e. The van der Waals surface area contributed by atoms with E-state index in [-0.39, 0.29) is 0 Å². The molecule has 8 bridgehead atoms. The van der Waals surface area contributed by atoms with Crippen LogP contribution in [0.25, 0.3) is 5.57 Å². The van der Waals surface area contributed by atoms with Crippen molar-refractivity contribution in [1.82, 2.24) is 4.98 Å². The fourth-order valence-corrected chi connectivity index (χ4v) is 4.48. The molecule has 4 nitrogen and oxygen atoms in total. The van der Waals surface area contributed by atoms with Crippen LogP contribution in [0.5, 0.6) is 0 Å². The number of fused-ring (bicyclic) bond motifs is 6. The number of aliphatic imine (C=N–C) groups is 3. The number of aromatic nitrogens is 1. The summed E-state index contributed by atoms with van der Waals surface area (Å²) in [6.07, 6.45) is 15.8. The highest BCUT2D eigenvalue weighted by atomic mass is 35.5. The molecule has 148 valence electrons. The second-order valence-electron chi connectivity index (χ2n) is 7.35. The van der Waals surface area contributed by atoms with E-state index in [1.54, 1.807) is 0 Å². The minimum Gasteiger partial charge on any atom is -0.353 e. The molecule has 0 spiro atoms. The van der Waals surface area contributed by atoms with Crippen molar-refractivity contribution < 1.29 is 0 Å². The van der Waals surface area contributed by atoms with Crippen LogP contribution in [0.4, 0.5) is 0 Å². The number of nitrogens with one attached hydrogen (secondary N) is 1. The van der Waals surface area contributed by atoms with Crippen LogP contribution in [0.15, 0.2) is 111 Å². The molecule has 5 heterocycles. The van der Waals surface area contributed by atoms with Crippen molar-refractivity contribution in [2.45, 2.75) is 0 Å². The van der Waals surface area contributed by atoms with Crippen LogP contribution in [0.1, 0.15) is 17.0 Å². The van der Waals surface area contributed by atoms with Gasteiger partial charge < -0.3 is 4.98 Å². The lowest BCUT2D eigenvalue weighted by Gasteiger charge is -2.12. The molecule has 4 aliphatic rings. The van der Waals surface area contributed by atoms with Gasteiger partial charge in [-0.2, -0.15) is 0 Å². The summed E-state index contributed by atoms with van der Waals surface area (Å²) >= 11 is 13.2. The molecule has 0 atom stereocenters. The zero-order valence-corrected chi connectivity index (χ0v) is 17.6. The first-order valence-corrected chi connectivity index (χ1v) is 10.5. The topological polar surface area (TPSA) is 52.9 Å². The fourth-order valence-electron chi connectivity index (χ4n) is 3.89. The molecule has 1 N–H and O–H groups in total. The van der Waals surface area contributed by atoms with Gasteiger partial charge >= 0.3 is 0 Å². The van der Waals surface area contributed by atoms with E-state index in [1.807, 2.05) is 78.9 Å². The Bertz CT molecular complexity index is 1420. The van der Waals surface area contributed by atoms with E-state index in [9.17, 15) is 0 Å². The van der Waals surface area contributed by atoms with Crippen molar-refractivity contribution in [3.05, 3.63) is 123 Å². The van der Waals surface area contributed by atoms with E-state index in [0.717, 1.165) is 56.8 Å². The number of H-pyrrole nitrogens is 1. The molecule has 0 saturated carbocycles. The Balaban J connectivity index is 1.64. The van der Waals surface area contributed by atoms with Crippen molar-refractivity contribution in [1.29, 1.82) is 0 Å². The summed E-state index contributed by atoms with van der Waals surface area (Å²) in [6.45, 7) is 0. The van der Waals surface area contributed by atoms with Crippen molar-refractivity contribution in [3.63, 3.8) is 0 Å². The maximum absolute atomic E-state index is 6.60. The summed E-state index contributed by atoms with van der Waals surface area (Å²) in [6, 6.07) is 9.52. The molecule has 0 saturated heterocycles. The summed E-state index contributed by atoms with van der Waals surface area (Å²) in [5, 5.41) is 1.13. The number of hydrogen-bond acceptors (Lipinski definition) is 3. The van der Waals surface area contributed by atoms with Crippen LogP contribution in [-0.4, -0.2) is 22.1 Å². The molecular weight excluding hydrogens is 427 g/mol. The van der Waals surface area contributed by atoms with E-state index >= 15 is 0 Å². The molecule has 2 aromatic rings. The van der Waals surface area contributed by atoms with E-state index in [0.29, 0.717) is 10.0 Å². The van der Waals surface area contributed by atoms with Crippen LogP contribution in [0.3, 0.4) is 0 Å². The molecule has 0 amide bonds. The number of allylic oxidation sites excluding steroid dienone is 8. The number of halogens is 2. The maximum atomic E-state index is 6.60. The molecule has 0 unspecified atom stereocenters. The Labute approximate surface area is 188 Å². The summed E-state index contributed by atoms with van der Waals surface area (Å²) in [7, 11) is 0. The molecule has 1 aromatic carbocycles. The van der Waals surface area contributed by atoms with Crippen molar-refractivity contribution in [2.24, 2.45) is 15.0 Å². The number of nitrogens with zero attached hydrogens (tertiary/aromatic N) is 3. The van der Waals surface area contributed by atoms with E-state index < -0.39 is 0 Å². The molecule has 31 heavy (non-hydrogen) atoms. The van der Waals surface area contributed by atoms with Gasteiger partial charge in [-0.3, -0.25) is 0 Å². The lowest BCUT2D eigenvalue weighted by molar-refractivity contribution is 1.29. The number of hydrogen-bond donors (Lipinski definition) is 1. The second kappa shape index (κ2) is 7.05. The van der Waals surface area contributed by atoms with E-state index in [4.69, 9.17) is 33.2 Å². The Morgan fingerprint density at radius 2 is 1.32 bits per heavy atom. The van der Waals surface area contributed by atoms with Crippen molar-refractivity contribution in [2.75, 3.05) is 0 Å². The first-order valence-electron chi connectivity index (χ1n) is 9.76. The van der Waals surface area contributed by atoms with Gasteiger partial charge in [0, 0.05) is 16.8 Å². The number of benzene rings is 1. The van der Waals surface area contributed by atoms with Gasteiger partial charge in [-0.25, -0.2) is 15.0 Å². The van der Waals surface area contributed by atoms with Crippen LogP contribution in [0, 0.1) is 0 Å². The van der Waals surface area contributed by atoms with Gasteiger partial charge in [0.2, 0.25) is 0 Å². The molecule has 0 radical (unpaired) electrons. The molecular formula is C25H14Cl2N4. The van der Waals surface area contributed by atoms with Crippen LogP contribution in [-0.2, 0) is 0 Å². The third-order valence-electron chi connectivity index (χ3n) is 5.30. The number of aromatic amines is 1. The standard InChI is InChI=1S/C25H14Cl2N4/c26-18-2-1-3-19(27)24(18)25-22-9-7-17(30-22)13-15-5-4-14(28-15)12-16-6-8-20(29-16)21-10-11-23(25)31-21/h1-13,31H. The Hall–Kier alpha value is -3.47. The van der Waals surface area contributed by atoms with Gasteiger partial charge in [0.25, 0.3) is 0 Å². The first-order chi connectivity index (χ1) is 15.1. The highest BCUT2D eigenvalue weighted by molar-refractivity contribution is 6.38. The summed E-state index contributed by atoms with van der Waals surface area (Å²) in [4.78, 5) is 17.7. The maximum Gasteiger partial charge on any atom is 0.0872 e. The Morgan fingerprint density at radius 1 is 0.645 bits per heavy atom. The van der Waals surface area contributed by atoms with Crippen molar-refractivity contribution >= 4 is 45.9 Å². The first kappa shape index (κ1) is 18.3. The average Bonchev–Trinajstić information content (AvgIpc) is 3.53. The lowest BCUT2D eigenvalue weighted by Crippen LogP contribution is -1.98. The van der Waals surface area contributed by atoms with Gasteiger partial charge in [-0.15, -0.1) is 0 Å². The molecule has 0 fully saturated rings. The van der Waals surface area contributed by atoms with Gasteiger partial charge in [0.15, 0.2) is 0 Å². The molecule has 1 aromatic heterocycles. The molecule has 4 aliphatic heterocycles. The summed E-state index contributed by atoms with van der Waals surface area (Å²) in [5.41, 5.74) is 8.36. The van der Waals surface area contributed by atoms with Gasteiger partial charge in [0.1, 0.15) is 0 Å². The summed E-state index contributed by atoms with van der Waals surface area (Å²) < 4.78 is 0. The van der Waals surface area contributed by atoms with Crippen LogP contribution < -0.4 is 0 Å². The normalized spacial score (nSPS) is 18.5. The minimum atomic E-state index is 0.566. The Kier molecular flexibility index (Phi) is 4.16. The smallest absolute Gasteiger partial charge is 0.0872 e. The lowest BCUT2D eigenvalue weighted by atomic mass is 10.0. The van der Waals surface area contributed by atoms with Gasteiger partial charge in [-0.1, -0.05) is 29.3 Å². The highest BCUT2D eigenvalue weighted by Crippen LogP contribution is 2.38. The molecule has 0 aliphatic carbocycles. The second-order valence-corrected chi connectivity index (χ2v) is 8.17. The number of rotatable bonds is 1. The quantitative estimate of drug-likeness (QED) is 0.545. The predicted molar refractivity (Wildman–Crippen MR) is 128 cm³/mol. The predicted octanol–water partition coefficient (Wildman–Crippen LogP) is 6.24. The third-order valence-corrected chi connectivity index (χ3v) is 5.93. The van der Waals surface area contributed by atoms with E-state index in [1.165, 1.54) is 0 Å². The fraction of sp³-hybridized carbons (Fsp3) is 0. The van der Waals surface area contributed by atoms with Crippen LogP contribution >= 0.6 is 23.2 Å². The minimum absolute atomic E-state index is 0.566.